The third kappa shape index (κ3) is 5.09. The smallest absolute Gasteiger partial charge is 0.160 e. The first kappa shape index (κ1) is 35.1. The van der Waals surface area contributed by atoms with Gasteiger partial charge in [0.05, 0.1) is 16.8 Å². The molecule has 2 aromatic heterocycles. The summed E-state index contributed by atoms with van der Waals surface area (Å²) in [5.41, 5.74) is 19.3. The maximum Gasteiger partial charge on any atom is 0.160 e. The van der Waals surface area contributed by atoms with E-state index >= 15 is 0 Å². The highest BCUT2D eigenvalue weighted by Crippen LogP contribution is 2.61. The zero-order valence-corrected chi connectivity index (χ0v) is 34.4. The Hall–Kier alpha value is -7.72. The molecular weight excluding hydrogens is 769 g/mol. The Morgan fingerprint density at radius 1 is 0.306 bits per heavy atom. The van der Waals surface area contributed by atoms with Gasteiger partial charge in [-0.3, -0.25) is 0 Å². The average molecular weight is 805 g/mol. The van der Waals surface area contributed by atoms with Gasteiger partial charge in [0.2, 0.25) is 0 Å². The van der Waals surface area contributed by atoms with E-state index in [-0.39, 0.29) is 0 Å². The van der Waals surface area contributed by atoms with Crippen molar-refractivity contribution in [2.24, 2.45) is 0 Å². The minimum atomic E-state index is -0.597. The van der Waals surface area contributed by atoms with Crippen LogP contribution in [0.4, 0.5) is 0 Å². The van der Waals surface area contributed by atoms with Crippen molar-refractivity contribution in [1.82, 2.24) is 9.97 Å². The van der Waals surface area contributed by atoms with Crippen LogP contribution in [0.25, 0.3) is 98.6 Å². The highest BCUT2D eigenvalue weighted by Gasteiger charge is 2.49. The maximum atomic E-state index is 5.56. The number of fused-ring (bicyclic) bond motifs is 15. The molecule has 13 rings (SSSR count). The maximum absolute atomic E-state index is 5.56. The van der Waals surface area contributed by atoms with Gasteiger partial charge in [-0.05, 0) is 97.1 Å². The standard InChI is InChI=1S/C59H36N2S/c1-2-16-37(17-3-1)38-18-14-19-39(34-38)53-36-54(47-26-15-31-56-57(47)48-25-9-13-30-55(48)62-56)61-58(60-53)40-32-33-46-45-24-8-12-29-51(45)59(52(46)35-40)49-27-10-6-22-43(49)41-20-4-5-21-42(41)44-23-7-11-28-50(44)59/h1-36H. The Labute approximate surface area is 364 Å². The Balaban J connectivity index is 1.09. The molecule has 1 spiro atoms. The van der Waals surface area contributed by atoms with Gasteiger partial charge in [0.25, 0.3) is 0 Å². The molecule has 2 nitrogen and oxygen atoms in total. The van der Waals surface area contributed by atoms with Crippen molar-refractivity contribution >= 4 is 31.5 Å². The fraction of sp³-hybridized carbons (Fsp3) is 0.0169. The lowest BCUT2D eigenvalue weighted by Crippen LogP contribution is -2.29. The van der Waals surface area contributed by atoms with Crippen LogP contribution in [-0.4, -0.2) is 9.97 Å². The van der Waals surface area contributed by atoms with Crippen LogP contribution in [0.5, 0.6) is 0 Å². The van der Waals surface area contributed by atoms with Crippen LogP contribution in [0.3, 0.4) is 0 Å². The van der Waals surface area contributed by atoms with Crippen LogP contribution in [0, 0.1) is 0 Å². The first-order valence-electron chi connectivity index (χ1n) is 21.2. The monoisotopic (exact) mass is 804 g/mol. The van der Waals surface area contributed by atoms with Gasteiger partial charge in [0, 0.05) is 36.9 Å². The zero-order valence-electron chi connectivity index (χ0n) is 33.6. The van der Waals surface area contributed by atoms with E-state index in [2.05, 4.69) is 218 Å². The van der Waals surface area contributed by atoms with Gasteiger partial charge in [0.15, 0.2) is 5.82 Å². The van der Waals surface area contributed by atoms with Crippen LogP contribution in [0.1, 0.15) is 22.3 Å². The average Bonchev–Trinajstić information content (AvgIpc) is 3.84. The summed E-state index contributed by atoms with van der Waals surface area (Å²) in [6.45, 7) is 0. The Morgan fingerprint density at radius 2 is 0.823 bits per heavy atom. The summed E-state index contributed by atoms with van der Waals surface area (Å²) in [6.07, 6.45) is 0. The van der Waals surface area contributed by atoms with E-state index < -0.39 is 5.41 Å². The van der Waals surface area contributed by atoms with Crippen LogP contribution in [0.2, 0.25) is 0 Å². The highest BCUT2D eigenvalue weighted by molar-refractivity contribution is 7.25. The van der Waals surface area contributed by atoms with Gasteiger partial charge < -0.3 is 0 Å². The molecule has 0 saturated carbocycles. The number of rotatable bonds is 4. The van der Waals surface area contributed by atoms with E-state index in [9.17, 15) is 0 Å². The molecule has 0 fully saturated rings. The van der Waals surface area contributed by atoms with Gasteiger partial charge in [0.1, 0.15) is 0 Å². The second-order valence-corrected chi connectivity index (χ2v) is 17.5. The predicted molar refractivity (Wildman–Crippen MR) is 258 cm³/mol. The van der Waals surface area contributed by atoms with E-state index in [0.717, 1.165) is 33.6 Å². The number of benzene rings is 9. The minimum absolute atomic E-state index is 0.597. The largest absolute Gasteiger partial charge is 0.228 e. The molecule has 0 aliphatic heterocycles. The van der Waals surface area contributed by atoms with E-state index in [0.29, 0.717) is 5.82 Å². The normalized spacial score (nSPS) is 13.0. The fourth-order valence-corrected chi connectivity index (χ4v) is 11.7. The third-order valence-corrected chi connectivity index (χ3v) is 14.3. The second kappa shape index (κ2) is 13.7. The summed E-state index contributed by atoms with van der Waals surface area (Å²) in [7, 11) is 0. The predicted octanol–water partition coefficient (Wildman–Crippen LogP) is 15.5. The van der Waals surface area contributed by atoms with Gasteiger partial charge in [-0.1, -0.05) is 188 Å². The summed E-state index contributed by atoms with van der Waals surface area (Å²) in [4.78, 5) is 11.1. The molecule has 11 aromatic rings. The fourth-order valence-electron chi connectivity index (χ4n) is 10.5. The van der Waals surface area contributed by atoms with Crippen molar-refractivity contribution < 1.29 is 0 Å². The third-order valence-electron chi connectivity index (χ3n) is 13.1. The summed E-state index contributed by atoms with van der Waals surface area (Å²) < 4.78 is 2.52. The van der Waals surface area contributed by atoms with Crippen molar-refractivity contribution in [2.75, 3.05) is 0 Å². The number of thiophene rings is 1. The quantitative estimate of drug-likeness (QED) is 0.177. The van der Waals surface area contributed by atoms with Crippen molar-refractivity contribution in [3.63, 3.8) is 0 Å². The van der Waals surface area contributed by atoms with Crippen molar-refractivity contribution in [3.8, 4) is 78.4 Å². The topological polar surface area (TPSA) is 25.8 Å². The van der Waals surface area contributed by atoms with Gasteiger partial charge in [-0.2, -0.15) is 0 Å². The van der Waals surface area contributed by atoms with Crippen molar-refractivity contribution in [3.05, 3.63) is 241 Å². The van der Waals surface area contributed by atoms with Gasteiger partial charge >= 0.3 is 0 Å². The molecule has 2 heterocycles. The first-order chi connectivity index (χ1) is 30.7. The molecule has 288 valence electrons. The second-order valence-electron chi connectivity index (χ2n) is 16.4. The minimum Gasteiger partial charge on any atom is -0.228 e. The zero-order chi connectivity index (χ0) is 40.8. The SMILES string of the molecule is c1ccc(-c2cccc(-c3cc(-c4cccc5sc6ccccc6c45)nc(-c4ccc5c(c4)C4(c6ccccc6-c6ccccc6-c6ccccc64)c4ccccc4-5)n3)c2)cc1. The Bertz CT molecular complexity index is 3530. The molecule has 0 saturated heterocycles. The lowest BCUT2D eigenvalue weighted by atomic mass is 9.66. The van der Waals surface area contributed by atoms with Crippen LogP contribution < -0.4 is 0 Å². The summed E-state index contributed by atoms with van der Waals surface area (Å²) in [6, 6.07) is 79.9. The molecule has 0 radical (unpaired) electrons. The Morgan fingerprint density at radius 3 is 1.55 bits per heavy atom. The Kier molecular flexibility index (Phi) is 7.72. The van der Waals surface area contributed by atoms with Crippen LogP contribution >= 0.6 is 11.3 Å². The lowest BCUT2D eigenvalue weighted by Gasteiger charge is -2.35. The molecule has 62 heavy (non-hydrogen) atoms. The van der Waals surface area contributed by atoms with Gasteiger partial charge in [-0.25, -0.2) is 9.97 Å². The molecule has 3 heteroatoms. The van der Waals surface area contributed by atoms with E-state index in [1.165, 1.54) is 81.4 Å². The molecule has 0 amide bonds. The molecule has 0 N–H and O–H groups in total. The molecule has 0 atom stereocenters. The van der Waals surface area contributed by atoms with Crippen LogP contribution in [0.15, 0.2) is 218 Å². The summed E-state index contributed by atoms with van der Waals surface area (Å²) in [5.74, 6) is 0.700. The van der Waals surface area contributed by atoms with E-state index in [1.54, 1.807) is 0 Å². The first-order valence-corrected chi connectivity index (χ1v) is 22.0. The molecule has 9 aromatic carbocycles. The molecule has 2 aliphatic carbocycles. The molecule has 0 bridgehead atoms. The number of aromatic nitrogens is 2. The van der Waals surface area contributed by atoms with Crippen molar-refractivity contribution in [2.45, 2.75) is 5.41 Å². The van der Waals surface area contributed by atoms with E-state index in [1.807, 2.05) is 11.3 Å². The molecular formula is C59H36N2S. The highest BCUT2D eigenvalue weighted by atomic mass is 32.1. The number of hydrogen-bond donors (Lipinski definition) is 0. The number of hydrogen-bond acceptors (Lipinski definition) is 3. The lowest BCUT2D eigenvalue weighted by molar-refractivity contribution is 0.775. The summed E-state index contributed by atoms with van der Waals surface area (Å²) >= 11 is 1.83. The van der Waals surface area contributed by atoms with Crippen LogP contribution in [-0.2, 0) is 5.41 Å². The van der Waals surface area contributed by atoms with Crippen molar-refractivity contribution in [1.29, 1.82) is 0 Å². The van der Waals surface area contributed by atoms with E-state index in [4.69, 9.17) is 9.97 Å². The van der Waals surface area contributed by atoms with Gasteiger partial charge in [-0.15, -0.1) is 11.3 Å². The summed E-state index contributed by atoms with van der Waals surface area (Å²) in [5, 5.41) is 2.48. The molecule has 0 unspecified atom stereocenters. The molecule has 2 aliphatic rings. The number of nitrogens with zero attached hydrogens (tertiary/aromatic N) is 2.